The number of benzene rings is 1. The summed E-state index contributed by atoms with van der Waals surface area (Å²) in [4.78, 5) is 22.9. The maximum atomic E-state index is 14.1. The fraction of sp³-hybridized carbons (Fsp3) is 0.357. The molecule has 0 bridgehead atoms. The number of halogens is 4. The smallest absolute Gasteiger partial charge is 0.416 e. The van der Waals surface area contributed by atoms with Crippen LogP contribution in [0.2, 0.25) is 0 Å². The molecule has 0 amide bonds. The Morgan fingerprint density at radius 2 is 1.96 bits per heavy atom. The van der Waals surface area contributed by atoms with Gasteiger partial charge < -0.3 is 5.11 Å². The average molecular weight is 332 g/mol. The number of fused-ring (bicyclic) bond motifs is 1. The van der Waals surface area contributed by atoms with E-state index in [1.807, 2.05) is 0 Å². The molecular weight excluding hydrogens is 320 g/mol. The zero-order valence-electron chi connectivity index (χ0n) is 12.1. The molecule has 0 atom stereocenters. The molecule has 0 aliphatic carbocycles. The van der Waals surface area contributed by atoms with Crippen molar-refractivity contribution in [1.82, 2.24) is 9.78 Å². The Kier molecular flexibility index (Phi) is 4.14. The predicted octanol–water partition coefficient (Wildman–Crippen LogP) is 2.76. The first kappa shape index (κ1) is 16.9. The molecule has 2 aromatic rings. The van der Waals surface area contributed by atoms with Gasteiger partial charge in [-0.05, 0) is 18.1 Å². The molecule has 1 heterocycles. The summed E-state index contributed by atoms with van der Waals surface area (Å²) < 4.78 is 53.1. The first-order chi connectivity index (χ1) is 10.5. The molecule has 0 unspecified atom stereocenters. The monoisotopic (exact) mass is 332 g/mol. The van der Waals surface area contributed by atoms with E-state index < -0.39 is 46.9 Å². The van der Waals surface area contributed by atoms with Crippen molar-refractivity contribution in [3.05, 3.63) is 39.6 Å². The summed E-state index contributed by atoms with van der Waals surface area (Å²) >= 11 is 0. The van der Waals surface area contributed by atoms with Gasteiger partial charge in [0.25, 0.3) is 5.56 Å². The van der Waals surface area contributed by atoms with Crippen molar-refractivity contribution < 1.29 is 27.5 Å². The van der Waals surface area contributed by atoms with Crippen LogP contribution in [0.1, 0.15) is 31.0 Å². The van der Waals surface area contributed by atoms with Crippen LogP contribution in [-0.2, 0) is 17.5 Å². The van der Waals surface area contributed by atoms with E-state index in [4.69, 9.17) is 5.11 Å². The number of hydrogen-bond donors (Lipinski definition) is 1. The first-order valence-corrected chi connectivity index (χ1v) is 6.55. The van der Waals surface area contributed by atoms with E-state index in [0.717, 1.165) is 0 Å². The van der Waals surface area contributed by atoms with Gasteiger partial charge in [-0.1, -0.05) is 13.8 Å². The second kappa shape index (κ2) is 5.64. The zero-order chi connectivity index (χ0) is 17.5. The van der Waals surface area contributed by atoms with Gasteiger partial charge in [0.1, 0.15) is 12.4 Å². The van der Waals surface area contributed by atoms with Gasteiger partial charge in [0, 0.05) is 5.39 Å². The molecule has 5 nitrogen and oxygen atoms in total. The van der Waals surface area contributed by atoms with Gasteiger partial charge in [-0.25, -0.2) is 9.07 Å². The van der Waals surface area contributed by atoms with Gasteiger partial charge in [0.2, 0.25) is 0 Å². The van der Waals surface area contributed by atoms with Gasteiger partial charge >= 0.3 is 12.1 Å². The molecule has 9 heteroatoms. The fourth-order valence-electron chi connectivity index (χ4n) is 2.21. The number of nitrogens with zero attached hydrogens (tertiary/aromatic N) is 2. The largest absolute Gasteiger partial charge is 0.480 e. The summed E-state index contributed by atoms with van der Waals surface area (Å²) in [5.41, 5.74) is -2.30. The molecule has 0 aliphatic rings. The van der Waals surface area contributed by atoms with E-state index in [1.165, 1.54) is 0 Å². The third kappa shape index (κ3) is 3.17. The van der Waals surface area contributed by atoms with Crippen LogP contribution >= 0.6 is 0 Å². The Morgan fingerprint density at radius 1 is 1.35 bits per heavy atom. The van der Waals surface area contributed by atoms with E-state index >= 15 is 0 Å². The Bertz CT molecular complexity index is 841. The third-order valence-electron chi connectivity index (χ3n) is 3.20. The minimum atomic E-state index is -4.78. The van der Waals surface area contributed by atoms with E-state index in [0.29, 0.717) is 10.7 Å². The highest BCUT2D eigenvalue weighted by Gasteiger charge is 2.32. The van der Waals surface area contributed by atoms with Crippen molar-refractivity contribution >= 4 is 16.7 Å². The van der Waals surface area contributed by atoms with Crippen LogP contribution in [0, 0.1) is 5.82 Å². The van der Waals surface area contributed by atoms with E-state index in [-0.39, 0.29) is 17.1 Å². The van der Waals surface area contributed by atoms with Crippen LogP contribution in [0.3, 0.4) is 0 Å². The number of carboxylic acids is 1. The molecule has 23 heavy (non-hydrogen) atoms. The lowest BCUT2D eigenvalue weighted by Crippen LogP contribution is -2.29. The molecule has 0 radical (unpaired) electrons. The minimum absolute atomic E-state index is 0.0193. The Labute approximate surface area is 127 Å². The maximum absolute atomic E-state index is 14.1. The molecule has 0 fully saturated rings. The fourth-order valence-corrected chi connectivity index (χ4v) is 2.21. The quantitative estimate of drug-likeness (QED) is 0.877. The molecule has 0 spiro atoms. The van der Waals surface area contributed by atoms with Gasteiger partial charge in [-0.15, -0.1) is 0 Å². The normalized spacial score (nSPS) is 12.1. The summed E-state index contributed by atoms with van der Waals surface area (Å²) in [6.07, 6.45) is -4.78. The molecular formula is C14H12F4N2O3. The number of aromatic nitrogens is 2. The molecule has 1 aromatic carbocycles. The predicted molar refractivity (Wildman–Crippen MR) is 72.7 cm³/mol. The van der Waals surface area contributed by atoms with Crippen LogP contribution in [0.4, 0.5) is 17.6 Å². The van der Waals surface area contributed by atoms with Gasteiger partial charge in [-0.3, -0.25) is 9.59 Å². The van der Waals surface area contributed by atoms with Gasteiger partial charge in [0.05, 0.1) is 16.6 Å². The van der Waals surface area contributed by atoms with Crippen LogP contribution in [0.25, 0.3) is 10.8 Å². The van der Waals surface area contributed by atoms with Gasteiger partial charge in [-0.2, -0.15) is 18.3 Å². The Morgan fingerprint density at radius 3 is 2.43 bits per heavy atom. The van der Waals surface area contributed by atoms with E-state index in [2.05, 4.69) is 5.10 Å². The average Bonchev–Trinajstić information content (AvgIpc) is 2.39. The van der Waals surface area contributed by atoms with Gasteiger partial charge in [0.15, 0.2) is 0 Å². The first-order valence-electron chi connectivity index (χ1n) is 6.55. The number of hydrogen-bond acceptors (Lipinski definition) is 3. The molecule has 1 N–H and O–H groups in total. The molecule has 0 saturated heterocycles. The third-order valence-corrected chi connectivity index (χ3v) is 3.20. The molecule has 1 aromatic heterocycles. The second-order valence-electron chi connectivity index (χ2n) is 5.27. The number of rotatable bonds is 3. The zero-order valence-corrected chi connectivity index (χ0v) is 12.1. The van der Waals surface area contributed by atoms with Crippen molar-refractivity contribution in [3.63, 3.8) is 0 Å². The lowest BCUT2D eigenvalue weighted by molar-refractivity contribution is -0.138. The maximum Gasteiger partial charge on any atom is 0.416 e. The van der Waals surface area contributed by atoms with Crippen LogP contribution < -0.4 is 5.56 Å². The summed E-state index contributed by atoms with van der Waals surface area (Å²) in [6, 6.07) is 0.881. The van der Waals surface area contributed by atoms with E-state index in [1.54, 1.807) is 13.8 Å². The van der Waals surface area contributed by atoms with Crippen molar-refractivity contribution in [3.8, 4) is 0 Å². The highest BCUT2D eigenvalue weighted by atomic mass is 19.4. The van der Waals surface area contributed by atoms with Crippen LogP contribution in [0.5, 0.6) is 0 Å². The SMILES string of the molecule is CC(C)c1nn(CC(=O)O)c(=O)c2c(F)cc(C(F)(F)F)cc12. The number of alkyl halides is 3. The summed E-state index contributed by atoms with van der Waals surface area (Å²) in [7, 11) is 0. The molecule has 0 saturated carbocycles. The highest BCUT2D eigenvalue weighted by Crippen LogP contribution is 2.33. The minimum Gasteiger partial charge on any atom is -0.480 e. The van der Waals surface area contributed by atoms with Crippen molar-refractivity contribution in [2.75, 3.05) is 0 Å². The standard InChI is InChI=1S/C14H12F4N2O3/c1-6(2)12-8-3-7(14(16,17)18)4-9(15)11(8)13(23)20(19-12)5-10(21)22/h3-4,6H,5H2,1-2H3,(H,21,22). The summed E-state index contributed by atoms with van der Waals surface area (Å²) in [5.74, 6) is -3.18. The van der Waals surface area contributed by atoms with Crippen molar-refractivity contribution in [2.24, 2.45) is 0 Å². The topological polar surface area (TPSA) is 72.2 Å². The highest BCUT2D eigenvalue weighted by molar-refractivity contribution is 5.85. The molecule has 2 rings (SSSR count). The lowest BCUT2D eigenvalue weighted by Gasteiger charge is -2.15. The molecule has 0 aliphatic heterocycles. The van der Waals surface area contributed by atoms with Crippen LogP contribution in [-0.4, -0.2) is 20.9 Å². The Hall–Kier alpha value is -2.45. The number of carboxylic acid groups (broad SMARTS) is 1. The van der Waals surface area contributed by atoms with Crippen molar-refractivity contribution in [1.29, 1.82) is 0 Å². The Balaban J connectivity index is 2.92. The summed E-state index contributed by atoms with van der Waals surface area (Å²) in [5, 5.41) is 11.7. The van der Waals surface area contributed by atoms with E-state index in [9.17, 15) is 27.2 Å². The summed E-state index contributed by atoms with van der Waals surface area (Å²) in [6.45, 7) is 2.38. The number of aliphatic carboxylic acids is 1. The molecule has 124 valence electrons. The van der Waals surface area contributed by atoms with Crippen molar-refractivity contribution in [2.45, 2.75) is 32.5 Å². The lowest BCUT2D eigenvalue weighted by atomic mass is 10.0. The second-order valence-corrected chi connectivity index (χ2v) is 5.27. The number of carbonyl (C=O) groups is 1. The van der Waals surface area contributed by atoms with Crippen LogP contribution in [0.15, 0.2) is 16.9 Å².